The maximum absolute atomic E-state index is 12.7. The summed E-state index contributed by atoms with van der Waals surface area (Å²) >= 11 is 4.08. The molecule has 7 amide bonds. The summed E-state index contributed by atoms with van der Waals surface area (Å²) in [5.74, 6) is -0.200. The minimum absolute atomic E-state index is 0.0767. The molecule has 4 atom stereocenters. The summed E-state index contributed by atoms with van der Waals surface area (Å²) in [5.41, 5.74) is 15.9. The molecule has 0 aliphatic heterocycles. The van der Waals surface area contributed by atoms with Gasteiger partial charge in [-0.05, 0) is 57.6 Å². The van der Waals surface area contributed by atoms with Crippen LogP contribution < -0.4 is 70.4 Å². The summed E-state index contributed by atoms with van der Waals surface area (Å²) in [4.78, 5) is 49.9. The highest BCUT2D eigenvalue weighted by atomic mass is 32.1. The van der Waals surface area contributed by atoms with Crippen molar-refractivity contribution in [1.29, 1.82) is 16.2 Å². The highest BCUT2D eigenvalue weighted by Gasteiger charge is 2.18. The lowest BCUT2D eigenvalue weighted by atomic mass is 10.1. The molecule has 0 bridgehead atoms. The third-order valence-electron chi connectivity index (χ3n) is 6.97. The fourth-order valence-electron chi connectivity index (χ4n) is 4.42. The zero-order valence-electron chi connectivity index (χ0n) is 28.7. The number of nitrogens with one attached hydrogen (secondary N) is 13. The Morgan fingerprint density at radius 3 is 1.41 bits per heavy atom. The van der Waals surface area contributed by atoms with Crippen molar-refractivity contribution in [2.24, 2.45) is 17.2 Å². The molecule has 20 nitrogen and oxygen atoms in total. The second kappa shape index (κ2) is 27.4. The lowest BCUT2D eigenvalue weighted by molar-refractivity contribution is -0.121. The zero-order chi connectivity index (χ0) is 37.0. The Hall–Kier alpha value is -4.56. The van der Waals surface area contributed by atoms with E-state index in [0.717, 1.165) is 6.42 Å². The summed E-state index contributed by atoms with van der Waals surface area (Å²) < 4.78 is 0. The van der Waals surface area contributed by atoms with Crippen LogP contribution in [0.4, 0.5) is 14.4 Å². The van der Waals surface area contributed by atoms with Gasteiger partial charge in [0.05, 0.1) is 0 Å². The van der Waals surface area contributed by atoms with Gasteiger partial charge < -0.3 is 70.4 Å². The van der Waals surface area contributed by atoms with Crippen LogP contribution in [0.5, 0.6) is 0 Å². The highest BCUT2D eigenvalue weighted by Crippen LogP contribution is 2.02. The second-order valence-corrected chi connectivity index (χ2v) is 11.9. The number of rotatable bonds is 25. The monoisotopic (exact) mass is 716 g/mol. The summed E-state index contributed by atoms with van der Waals surface area (Å²) in [7, 11) is 0. The first-order valence-electron chi connectivity index (χ1n) is 16.5. The van der Waals surface area contributed by atoms with E-state index in [4.69, 9.17) is 33.4 Å². The number of hydrogen-bond donors (Lipinski definition) is 17. The van der Waals surface area contributed by atoms with Crippen LogP contribution in [-0.2, 0) is 4.79 Å². The van der Waals surface area contributed by atoms with Crippen molar-refractivity contribution in [3.63, 3.8) is 0 Å². The first kappa shape index (κ1) is 44.4. The molecule has 0 radical (unpaired) electrons. The van der Waals surface area contributed by atoms with E-state index in [0.29, 0.717) is 63.9 Å². The molecule has 19 N–H and O–H groups in total. The van der Waals surface area contributed by atoms with E-state index in [1.807, 2.05) is 6.92 Å². The lowest BCUT2D eigenvalue weighted by Gasteiger charge is -2.23. The van der Waals surface area contributed by atoms with Gasteiger partial charge in [-0.2, -0.15) is 12.6 Å². The van der Waals surface area contributed by atoms with Gasteiger partial charge in [-0.15, -0.1) is 0 Å². The van der Waals surface area contributed by atoms with E-state index < -0.39 is 24.1 Å². The standard InChI is InChI=1S/C28H60N16O4S/c1-3-19(7-4-11-35-23(29)30)43-28(48)40-17-21(9-6-13-37-25(33)34)44-27(47)38-15-18(2)41-26(46)39-16-20(42-22(45)10-14-49)8-5-12-36-24(31)32/h18-21,49H,3-17H2,1-2H3,(H,42,45)(H4,29,30,35)(H4,31,32,36)(H4,33,34,37)(H2,38,44,47)(H2,39,41,46)(H2,40,43,48)/t18-,19+,20-,21-/m0/s1. The Kier molecular flexibility index (Phi) is 24.8. The zero-order valence-corrected chi connectivity index (χ0v) is 29.6. The molecule has 0 rings (SSSR count). The van der Waals surface area contributed by atoms with Gasteiger partial charge in [0.25, 0.3) is 0 Å². The van der Waals surface area contributed by atoms with Crippen molar-refractivity contribution < 1.29 is 19.2 Å². The molecule has 0 aromatic rings. The topological polar surface area (TPSA) is 338 Å². The van der Waals surface area contributed by atoms with Crippen molar-refractivity contribution in [3.05, 3.63) is 0 Å². The molecule has 282 valence electrons. The van der Waals surface area contributed by atoms with Crippen LogP contribution in [0.2, 0.25) is 0 Å². The van der Waals surface area contributed by atoms with E-state index in [2.05, 4.69) is 65.8 Å². The Bertz CT molecular complexity index is 1040. The number of carbonyl (C=O) groups is 4. The minimum Gasteiger partial charge on any atom is -0.370 e. The third kappa shape index (κ3) is 27.1. The van der Waals surface area contributed by atoms with Crippen molar-refractivity contribution >= 4 is 54.5 Å². The van der Waals surface area contributed by atoms with E-state index >= 15 is 0 Å². The molecule has 0 aromatic heterocycles. The Labute approximate surface area is 294 Å². The summed E-state index contributed by atoms with van der Waals surface area (Å²) in [6.07, 6.45) is 4.57. The normalized spacial score (nSPS) is 12.9. The smallest absolute Gasteiger partial charge is 0.315 e. The SMILES string of the molecule is CC[C@H](CCCNC(=N)N)NC(=O)NC[C@H](CCCNC(=N)N)NC(=O)NC[C@H](C)NC(=O)NC[C@H](CCCNC(=N)N)NC(=O)CCS. The first-order chi connectivity index (χ1) is 23.2. The lowest BCUT2D eigenvalue weighted by Crippen LogP contribution is -2.53. The average molecular weight is 717 g/mol. The molecule has 0 saturated carbocycles. The molecule has 21 heteroatoms. The average Bonchev–Trinajstić information content (AvgIpc) is 3.02. The van der Waals surface area contributed by atoms with E-state index in [-0.39, 0.29) is 68.0 Å². The van der Waals surface area contributed by atoms with Crippen LogP contribution in [0.3, 0.4) is 0 Å². The second-order valence-electron chi connectivity index (χ2n) is 11.5. The molecule has 0 aliphatic rings. The molecule has 0 heterocycles. The van der Waals surface area contributed by atoms with Crippen LogP contribution in [-0.4, -0.2) is 111 Å². The molecule has 0 spiro atoms. The van der Waals surface area contributed by atoms with Crippen LogP contribution in [0.1, 0.15) is 65.2 Å². The van der Waals surface area contributed by atoms with Gasteiger partial charge >= 0.3 is 18.1 Å². The minimum atomic E-state index is -0.490. The molecule has 0 fully saturated rings. The molecular formula is C28H60N16O4S. The summed E-state index contributed by atoms with van der Waals surface area (Å²) in [6, 6.07) is -2.64. The molecule has 49 heavy (non-hydrogen) atoms. The number of guanidine groups is 3. The Balaban J connectivity index is 4.84. The van der Waals surface area contributed by atoms with Gasteiger partial charge in [-0.3, -0.25) is 21.0 Å². The number of urea groups is 3. The molecule has 0 unspecified atom stereocenters. The maximum atomic E-state index is 12.7. The van der Waals surface area contributed by atoms with Crippen molar-refractivity contribution in [3.8, 4) is 0 Å². The number of thiol groups is 1. The van der Waals surface area contributed by atoms with Crippen LogP contribution in [0.25, 0.3) is 0 Å². The molecule has 0 aromatic carbocycles. The number of nitrogens with two attached hydrogens (primary N) is 3. The van der Waals surface area contributed by atoms with Gasteiger partial charge in [0, 0.05) is 69.9 Å². The van der Waals surface area contributed by atoms with Gasteiger partial charge in [0.2, 0.25) is 5.91 Å². The Morgan fingerprint density at radius 1 is 0.592 bits per heavy atom. The molecule has 0 saturated heterocycles. The largest absolute Gasteiger partial charge is 0.370 e. The highest BCUT2D eigenvalue weighted by molar-refractivity contribution is 7.80. The first-order valence-corrected chi connectivity index (χ1v) is 17.2. The predicted molar refractivity (Wildman–Crippen MR) is 195 cm³/mol. The van der Waals surface area contributed by atoms with Gasteiger partial charge in [0.15, 0.2) is 17.9 Å². The number of carbonyl (C=O) groups excluding carboxylic acids is 4. The van der Waals surface area contributed by atoms with Crippen LogP contribution >= 0.6 is 12.6 Å². The van der Waals surface area contributed by atoms with E-state index in [1.165, 1.54) is 0 Å². The predicted octanol–water partition coefficient (Wildman–Crippen LogP) is -1.99. The van der Waals surface area contributed by atoms with E-state index in [9.17, 15) is 19.2 Å². The number of hydrogen-bond acceptors (Lipinski definition) is 8. The Morgan fingerprint density at radius 2 is 0.980 bits per heavy atom. The van der Waals surface area contributed by atoms with Gasteiger partial charge in [-0.1, -0.05) is 6.92 Å². The third-order valence-corrected chi connectivity index (χ3v) is 7.19. The fraction of sp³-hybridized carbons (Fsp3) is 0.750. The summed E-state index contributed by atoms with van der Waals surface area (Å²) in [6.45, 7) is 5.50. The maximum Gasteiger partial charge on any atom is 0.315 e. The van der Waals surface area contributed by atoms with Crippen LogP contribution in [0.15, 0.2) is 0 Å². The van der Waals surface area contributed by atoms with Crippen molar-refractivity contribution in [2.45, 2.75) is 89.4 Å². The molecule has 0 aliphatic carbocycles. The number of amides is 7. The van der Waals surface area contributed by atoms with Gasteiger partial charge in [-0.25, -0.2) is 14.4 Å². The van der Waals surface area contributed by atoms with E-state index in [1.54, 1.807) is 6.92 Å². The summed E-state index contributed by atoms with van der Waals surface area (Å²) in [5, 5.41) is 49.5. The van der Waals surface area contributed by atoms with Crippen molar-refractivity contribution in [2.75, 3.05) is 45.0 Å². The quantitative estimate of drug-likeness (QED) is 0.0213. The van der Waals surface area contributed by atoms with Crippen LogP contribution in [0, 0.1) is 16.2 Å². The van der Waals surface area contributed by atoms with Crippen molar-refractivity contribution in [1.82, 2.24) is 53.2 Å². The van der Waals surface area contributed by atoms with Gasteiger partial charge in [0.1, 0.15) is 0 Å². The fourth-order valence-corrected chi connectivity index (χ4v) is 4.62. The molecular weight excluding hydrogens is 656 g/mol.